The molecule has 0 amide bonds. The van der Waals surface area contributed by atoms with Gasteiger partial charge < -0.3 is 15.4 Å². The molecule has 0 unspecified atom stereocenters. The molecule has 23 heavy (non-hydrogen) atoms. The number of ether oxygens (including phenoxy) is 1. The van der Waals surface area contributed by atoms with E-state index in [1.165, 1.54) is 18.2 Å². The highest BCUT2D eigenvalue weighted by atomic mass is 32.1. The Morgan fingerprint density at radius 1 is 1.04 bits per heavy atom. The lowest BCUT2D eigenvalue weighted by Gasteiger charge is -2.13. The number of anilines is 2. The topological polar surface area (TPSA) is 33.3 Å². The molecule has 2 aromatic carbocycles. The molecule has 122 valence electrons. The quantitative estimate of drug-likeness (QED) is 0.616. The molecule has 0 fully saturated rings. The molecule has 0 aliphatic carbocycles. The Balaban J connectivity index is 1.99. The Morgan fingerprint density at radius 3 is 2.30 bits per heavy atom. The lowest BCUT2D eigenvalue weighted by atomic mass is 10.2. The van der Waals surface area contributed by atoms with E-state index in [0.29, 0.717) is 5.69 Å². The molecule has 0 aliphatic rings. The summed E-state index contributed by atoms with van der Waals surface area (Å²) in [5.41, 5.74) is 1.50. The summed E-state index contributed by atoms with van der Waals surface area (Å²) in [4.78, 5) is 0. The molecule has 2 N–H and O–H groups in total. The van der Waals surface area contributed by atoms with Crippen molar-refractivity contribution in [2.45, 2.75) is 13.3 Å². The minimum atomic E-state index is -4.74. The van der Waals surface area contributed by atoms with E-state index in [1.807, 2.05) is 0 Å². The smallest absolute Gasteiger partial charge is 0.406 e. The van der Waals surface area contributed by atoms with E-state index >= 15 is 0 Å². The van der Waals surface area contributed by atoms with Gasteiger partial charge in [0.25, 0.3) is 0 Å². The Morgan fingerprint density at radius 2 is 1.70 bits per heavy atom. The van der Waals surface area contributed by atoms with Crippen LogP contribution in [-0.4, -0.2) is 11.5 Å². The van der Waals surface area contributed by atoms with Gasteiger partial charge in [0.2, 0.25) is 0 Å². The average Bonchev–Trinajstić information content (AvgIpc) is 2.43. The van der Waals surface area contributed by atoms with Crippen LogP contribution < -0.4 is 15.4 Å². The minimum Gasteiger partial charge on any atom is -0.406 e. The first-order valence-electron chi connectivity index (χ1n) is 6.43. The van der Waals surface area contributed by atoms with Crippen molar-refractivity contribution in [3.8, 4) is 5.75 Å². The van der Waals surface area contributed by atoms with Crippen LogP contribution in [-0.2, 0) is 0 Å². The van der Waals surface area contributed by atoms with Gasteiger partial charge in [-0.25, -0.2) is 4.39 Å². The number of aryl methyl sites for hydroxylation is 1. The van der Waals surface area contributed by atoms with Crippen LogP contribution >= 0.6 is 12.2 Å². The highest BCUT2D eigenvalue weighted by Crippen LogP contribution is 2.24. The van der Waals surface area contributed by atoms with E-state index in [-0.39, 0.29) is 16.5 Å². The number of halogens is 4. The van der Waals surface area contributed by atoms with Crippen molar-refractivity contribution in [2.75, 3.05) is 10.6 Å². The molecule has 0 aliphatic heterocycles. The fraction of sp³-hybridized carbons (Fsp3) is 0.133. The van der Waals surface area contributed by atoms with Gasteiger partial charge in [-0.2, -0.15) is 0 Å². The summed E-state index contributed by atoms with van der Waals surface area (Å²) < 4.78 is 53.5. The molecule has 0 saturated heterocycles. The Bertz CT molecular complexity index is 702. The predicted molar refractivity (Wildman–Crippen MR) is 84.1 cm³/mol. The van der Waals surface area contributed by atoms with Crippen molar-refractivity contribution in [3.63, 3.8) is 0 Å². The molecule has 2 aromatic rings. The van der Waals surface area contributed by atoms with E-state index in [4.69, 9.17) is 12.2 Å². The van der Waals surface area contributed by atoms with E-state index < -0.39 is 12.2 Å². The van der Waals surface area contributed by atoms with Crippen LogP contribution in [0, 0.1) is 12.7 Å². The summed E-state index contributed by atoms with van der Waals surface area (Å²) in [5, 5.41) is 5.54. The van der Waals surface area contributed by atoms with Gasteiger partial charge in [-0.3, -0.25) is 0 Å². The third-order valence-electron chi connectivity index (χ3n) is 2.72. The predicted octanol–water partition coefficient (Wildman–Crippen LogP) is 4.84. The fourth-order valence-corrected chi connectivity index (χ4v) is 1.99. The van der Waals surface area contributed by atoms with Gasteiger partial charge in [0.15, 0.2) is 5.11 Å². The first-order chi connectivity index (χ1) is 10.7. The molecule has 0 saturated carbocycles. The van der Waals surface area contributed by atoms with Crippen LogP contribution in [0.1, 0.15) is 5.56 Å². The zero-order chi connectivity index (χ0) is 17.0. The van der Waals surface area contributed by atoms with Crippen LogP contribution in [0.5, 0.6) is 5.75 Å². The minimum absolute atomic E-state index is 0.110. The van der Waals surface area contributed by atoms with Gasteiger partial charge in [0.05, 0.1) is 5.69 Å². The third-order valence-corrected chi connectivity index (χ3v) is 2.92. The van der Waals surface area contributed by atoms with Crippen LogP contribution in [0.15, 0.2) is 42.5 Å². The number of thiocarbonyl (C=S) groups is 1. The van der Waals surface area contributed by atoms with Crippen molar-refractivity contribution in [2.24, 2.45) is 0 Å². The van der Waals surface area contributed by atoms with Crippen LogP contribution in [0.2, 0.25) is 0 Å². The highest BCUT2D eigenvalue weighted by molar-refractivity contribution is 7.80. The highest BCUT2D eigenvalue weighted by Gasteiger charge is 2.30. The Labute approximate surface area is 135 Å². The third kappa shape index (κ3) is 5.41. The first kappa shape index (κ1) is 17.0. The number of hydrogen-bond acceptors (Lipinski definition) is 2. The van der Waals surface area contributed by atoms with Crippen molar-refractivity contribution < 1.29 is 22.3 Å². The summed E-state index contributed by atoms with van der Waals surface area (Å²) in [5.74, 6) is -0.805. The second-order valence-electron chi connectivity index (χ2n) is 4.63. The normalized spacial score (nSPS) is 11.0. The monoisotopic (exact) mass is 344 g/mol. The largest absolute Gasteiger partial charge is 0.573 e. The fourth-order valence-electron chi connectivity index (χ4n) is 1.76. The lowest BCUT2D eigenvalue weighted by molar-refractivity contribution is -0.274. The van der Waals surface area contributed by atoms with Crippen molar-refractivity contribution in [3.05, 3.63) is 53.8 Å². The summed E-state index contributed by atoms with van der Waals surface area (Å²) in [6, 6.07) is 9.53. The maximum atomic E-state index is 13.6. The number of benzene rings is 2. The number of alkyl halides is 3. The van der Waals surface area contributed by atoms with Crippen LogP contribution in [0.3, 0.4) is 0 Å². The van der Waals surface area contributed by atoms with E-state index in [0.717, 1.165) is 17.7 Å². The molecule has 0 atom stereocenters. The molecule has 0 aromatic heterocycles. The lowest BCUT2D eigenvalue weighted by Crippen LogP contribution is -2.20. The van der Waals surface area contributed by atoms with Gasteiger partial charge in [-0.1, -0.05) is 6.07 Å². The number of nitrogens with one attached hydrogen (secondary N) is 2. The van der Waals surface area contributed by atoms with Gasteiger partial charge in [0.1, 0.15) is 11.6 Å². The molecule has 0 radical (unpaired) electrons. The van der Waals surface area contributed by atoms with Crippen molar-refractivity contribution in [1.82, 2.24) is 0 Å². The maximum absolute atomic E-state index is 13.6. The number of rotatable bonds is 3. The SMILES string of the molecule is Cc1ccc(F)c(NC(=S)Nc2ccc(OC(F)(F)F)cc2)c1. The molecule has 0 bridgehead atoms. The van der Waals surface area contributed by atoms with Crippen LogP contribution in [0.25, 0.3) is 0 Å². The summed E-state index contributed by atoms with van der Waals surface area (Å²) in [7, 11) is 0. The van der Waals surface area contributed by atoms with Gasteiger partial charge in [0, 0.05) is 5.69 Å². The molecule has 8 heteroatoms. The standard InChI is InChI=1S/C15H12F4N2OS/c1-9-2-7-12(16)13(8-9)21-14(23)20-10-3-5-11(6-4-10)22-15(17,18)19/h2-8H,1H3,(H2,20,21,23). The Kier molecular flexibility index (Phi) is 5.05. The molecule has 0 spiro atoms. The van der Waals surface area contributed by atoms with E-state index in [9.17, 15) is 17.6 Å². The second kappa shape index (κ2) is 6.82. The molecule has 3 nitrogen and oxygen atoms in total. The Hall–Kier alpha value is -2.35. The van der Waals surface area contributed by atoms with Crippen molar-refractivity contribution >= 4 is 28.7 Å². The summed E-state index contributed by atoms with van der Waals surface area (Å²) in [6.45, 7) is 1.81. The molecular formula is C15H12F4N2OS. The van der Waals surface area contributed by atoms with E-state index in [2.05, 4.69) is 15.4 Å². The van der Waals surface area contributed by atoms with Crippen LogP contribution in [0.4, 0.5) is 28.9 Å². The van der Waals surface area contributed by atoms with Gasteiger partial charge in [-0.15, -0.1) is 13.2 Å². The zero-order valence-corrected chi connectivity index (χ0v) is 12.7. The number of hydrogen-bond donors (Lipinski definition) is 2. The second-order valence-corrected chi connectivity index (χ2v) is 5.04. The van der Waals surface area contributed by atoms with E-state index in [1.54, 1.807) is 19.1 Å². The first-order valence-corrected chi connectivity index (χ1v) is 6.84. The van der Waals surface area contributed by atoms with Crippen molar-refractivity contribution in [1.29, 1.82) is 0 Å². The van der Waals surface area contributed by atoms with Gasteiger partial charge in [-0.05, 0) is 61.1 Å². The molecule has 0 heterocycles. The summed E-state index contributed by atoms with van der Waals surface area (Å²) in [6.07, 6.45) is -4.74. The molecule has 2 rings (SSSR count). The average molecular weight is 344 g/mol. The van der Waals surface area contributed by atoms with Gasteiger partial charge >= 0.3 is 6.36 Å². The molecular weight excluding hydrogens is 332 g/mol. The maximum Gasteiger partial charge on any atom is 0.573 e. The zero-order valence-electron chi connectivity index (χ0n) is 11.9. The summed E-state index contributed by atoms with van der Waals surface area (Å²) >= 11 is 5.04.